The fraction of sp³-hybridized carbons (Fsp3) is 0.188. The molecule has 1 heterocycles. The van der Waals surface area contributed by atoms with E-state index in [2.05, 4.69) is 40.8 Å². The average molecular weight is 253 g/mol. The summed E-state index contributed by atoms with van der Waals surface area (Å²) >= 11 is 0. The van der Waals surface area contributed by atoms with Crippen LogP contribution in [0.2, 0.25) is 0 Å². The largest absolute Gasteiger partial charge is 0.371 e. The molecule has 0 saturated heterocycles. The third kappa shape index (κ3) is 2.60. The summed E-state index contributed by atoms with van der Waals surface area (Å²) in [5, 5.41) is 3.10. The van der Waals surface area contributed by atoms with Gasteiger partial charge in [-0.05, 0) is 24.6 Å². The molecule has 98 valence electrons. The first-order valence-electron chi connectivity index (χ1n) is 6.26. The van der Waals surface area contributed by atoms with Gasteiger partial charge in [0.05, 0.1) is 5.69 Å². The maximum absolute atomic E-state index is 4.32. The maximum Gasteiger partial charge on any atom is 0.149 e. The Bertz CT molecular complexity index is 590. The number of anilines is 2. The van der Waals surface area contributed by atoms with E-state index < -0.39 is 0 Å². The first-order valence-corrected chi connectivity index (χ1v) is 6.26. The molecule has 0 aliphatic heterocycles. The second-order valence-corrected chi connectivity index (χ2v) is 4.44. The quantitative estimate of drug-likeness (QED) is 0.903. The van der Waals surface area contributed by atoms with Crippen LogP contribution in [0.25, 0.3) is 5.70 Å². The van der Waals surface area contributed by atoms with E-state index in [0.29, 0.717) is 0 Å². The van der Waals surface area contributed by atoms with Crippen LogP contribution in [0.3, 0.4) is 0 Å². The molecule has 1 aromatic heterocycles. The number of pyridine rings is 1. The lowest BCUT2D eigenvalue weighted by molar-refractivity contribution is 1.17. The number of aryl methyl sites for hydroxylation is 1. The number of aromatic nitrogens is 1. The van der Waals surface area contributed by atoms with Crippen molar-refractivity contribution in [3.8, 4) is 0 Å². The first-order chi connectivity index (χ1) is 9.15. The lowest BCUT2D eigenvalue weighted by Crippen LogP contribution is -2.17. The van der Waals surface area contributed by atoms with Gasteiger partial charge in [0.25, 0.3) is 0 Å². The predicted molar refractivity (Wildman–Crippen MR) is 82.4 cm³/mol. The molecule has 0 unspecified atom stereocenters. The molecule has 0 atom stereocenters. The molecule has 3 nitrogen and oxygen atoms in total. The minimum Gasteiger partial charge on any atom is -0.371 e. The van der Waals surface area contributed by atoms with Gasteiger partial charge in [-0.3, -0.25) is 0 Å². The van der Waals surface area contributed by atoms with Crippen molar-refractivity contribution in [3.63, 3.8) is 0 Å². The standard InChI is InChI=1S/C16H19N3/c1-12-8-5-6-9-14(12)13(2)19(4)15-10-7-11-18-16(15)17-3/h5-11H,2H2,1,3-4H3,(H,17,18). The van der Waals surface area contributed by atoms with Crippen LogP contribution < -0.4 is 10.2 Å². The first kappa shape index (κ1) is 13.1. The summed E-state index contributed by atoms with van der Waals surface area (Å²) in [5.41, 5.74) is 4.34. The molecule has 3 heteroatoms. The second-order valence-electron chi connectivity index (χ2n) is 4.44. The van der Waals surface area contributed by atoms with E-state index in [-0.39, 0.29) is 0 Å². The molecule has 0 amide bonds. The maximum atomic E-state index is 4.32. The monoisotopic (exact) mass is 253 g/mol. The Morgan fingerprint density at radius 2 is 1.95 bits per heavy atom. The van der Waals surface area contributed by atoms with Crippen molar-refractivity contribution in [2.24, 2.45) is 0 Å². The van der Waals surface area contributed by atoms with Gasteiger partial charge in [-0.25, -0.2) is 4.98 Å². The fourth-order valence-electron chi connectivity index (χ4n) is 2.08. The minimum atomic E-state index is 0.847. The Morgan fingerprint density at radius 3 is 2.63 bits per heavy atom. The van der Waals surface area contributed by atoms with E-state index >= 15 is 0 Å². The number of hydrogen-bond donors (Lipinski definition) is 1. The summed E-state index contributed by atoms with van der Waals surface area (Å²) in [4.78, 5) is 6.38. The highest BCUT2D eigenvalue weighted by Crippen LogP contribution is 2.29. The van der Waals surface area contributed by atoms with Gasteiger partial charge >= 0.3 is 0 Å². The Hall–Kier alpha value is -2.29. The SMILES string of the molecule is C=C(c1ccccc1C)N(C)c1cccnc1NC. The van der Waals surface area contributed by atoms with Crippen LogP contribution >= 0.6 is 0 Å². The van der Waals surface area contributed by atoms with Crippen molar-refractivity contribution in [1.82, 2.24) is 4.98 Å². The molecule has 0 aliphatic rings. The summed E-state index contributed by atoms with van der Waals surface area (Å²) < 4.78 is 0. The molecule has 2 rings (SSSR count). The Labute approximate surface area is 114 Å². The molecule has 0 saturated carbocycles. The second kappa shape index (κ2) is 5.57. The highest BCUT2D eigenvalue weighted by Gasteiger charge is 2.12. The van der Waals surface area contributed by atoms with Gasteiger partial charge in [0, 0.05) is 31.6 Å². The van der Waals surface area contributed by atoms with Gasteiger partial charge < -0.3 is 10.2 Å². The van der Waals surface area contributed by atoms with Crippen LogP contribution in [0.15, 0.2) is 49.2 Å². The highest BCUT2D eigenvalue weighted by atomic mass is 15.1. The third-order valence-electron chi connectivity index (χ3n) is 3.25. The van der Waals surface area contributed by atoms with Crippen LogP contribution in [0.4, 0.5) is 11.5 Å². The number of nitrogens with zero attached hydrogens (tertiary/aromatic N) is 2. The van der Waals surface area contributed by atoms with Gasteiger partial charge in [-0.15, -0.1) is 0 Å². The van der Waals surface area contributed by atoms with E-state index in [1.807, 2.05) is 38.4 Å². The van der Waals surface area contributed by atoms with Crippen LogP contribution in [0.5, 0.6) is 0 Å². The van der Waals surface area contributed by atoms with Gasteiger partial charge in [0.1, 0.15) is 5.82 Å². The molecule has 2 aromatic rings. The number of rotatable bonds is 4. The van der Waals surface area contributed by atoms with Crippen LogP contribution in [0.1, 0.15) is 11.1 Å². The van der Waals surface area contributed by atoms with E-state index in [1.165, 1.54) is 5.56 Å². The van der Waals surface area contributed by atoms with Gasteiger partial charge in [0.15, 0.2) is 0 Å². The van der Waals surface area contributed by atoms with Crippen molar-refractivity contribution in [2.45, 2.75) is 6.92 Å². The number of hydrogen-bond acceptors (Lipinski definition) is 3. The average Bonchev–Trinajstić information content (AvgIpc) is 2.46. The Kier molecular flexibility index (Phi) is 3.85. The molecule has 1 aromatic carbocycles. The predicted octanol–water partition coefficient (Wildman–Crippen LogP) is 3.54. The van der Waals surface area contributed by atoms with Crippen molar-refractivity contribution in [1.29, 1.82) is 0 Å². The van der Waals surface area contributed by atoms with E-state index in [4.69, 9.17) is 0 Å². The van der Waals surface area contributed by atoms with E-state index in [9.17, 15) is 0 Å². The van der Waals surface area contributed by atoms with Crippen molar-refractivity contribution < 1.29 is 0 Å². The Morgan fingerprint density at radius 1 is 1.21 bits per heavy atom. The molecule has 19 heavy (non-hydrogen) atoms. The number of benzene rings is 1. The molecular weight excluding hydrogens is 234 g/mol. The topological polar surface area (TPSA) is 28.2 Å². The lowest BCUT2D eigenvalue weighted by Gasteiger charge is -2.24. The normalized spacial score (nSPS) is 10.1. The molecular formula is C16H19N3. The Balaban J connectivity index is 2.37. The molecule has 0 fully saturated rings. The molecule has 0 radical (unpaired) electrons. The molecule has 0 aliphatic carbocycles. The zero-order chi connectivity index (χ0) is 13.8. The lowest BCUT2D eigenvalue weighted by atomic mass is 10.1. The van der Waals surface area contributed by atoms with Crippen LogP contribution in [0, 0.1) is 6.92 Å². The van der Waals surface area contributed by atoms with Gasteiger partial charge in [-0.1, -0.05) is 30.8 Å². The summed E-state index contributed by atoms with van der Waals surface area (Å²) in [7, 11) is 3.88. The van der Waals surface area contributed by atoms with Gasteiger partial charge in [-0.2, -0.15) is 0 Å². The molecule has 1 N–H and O–H groups in total. The summed E-state index contributed by atoms with van der Waals surface area (Å²) in [6, 6.07) is 12.2. The summed E-state index contributed by atoms with van der Waals surface area (Å²) in [6.45, 7) is 6.30. The third-order valence-corrected chi connectivity index (χ3v) is 3.25. The zero-order valence-electron chi connectivity index (χ0n) is 11.6. The molecule has 0 spiro atoms. The van der Waals surface area contributed by atoms with Crippen LogP contribution in [-0.4, -0.2) is 19.1 Å². The van der Waals surface area contributed by atoms with Gasteiger partial charge in [0.2, 0.25) is 0 Å². The van der Waals surface area contributed by atoms with Crippen molar-refractivity contribution in [3.05, 3.63) is 60.3 Å². The molecule has 0 bridgehead atoms. The van der Waals surface area contributed by atoms with Crippen molar-refractivity contribution >= 4 is 17.2 Å². The summed E-state index contributed by atoms with van der Waals surface area (Å²) in [6.07, 6.45) is 1.78. The minimum absolute atomic E-state index is 0.847. The summed E-state index contributed by atoms with van der Waals surface area (Å²) in [5.74, 6) is 0.847. The fourth-order valence-corrected chi connectivity index (χ4v) is 2.08. The van der Waals surface area contributed by atoms with E-state index in [0.717, 1.165) is 22.8 Å². The smallest absolute Gasteiger partial charge is 0.149 e. The highest BCUT2D eigenvalue weighted by molar-refractivity contribution is 5.83. The van der Waals surface area contributed by atoms with Crippen LogP contribution in [-0.2, 0) is 0 Å². The van der Waals surface area contributed by atoms with E-state index in [1.54, 1.807) is 6.20 Å². The zero-order valence-corrected chi connectivity index (χ0v) is 11.6. The number of nitrogens with one attached hydrogen (secondary N) is 1. The van der Waals surface area contributed by atoms with Crippen molar-refractivity contribution in [2.75, 3.05) is 24.3 Å².